The number of benzene rings is 1. The number of rotatable bonds is 5. The lowest BCUT2D eigenvalue weighted by molar-refractivity contribution is 0.0963. The maximum absolute atomic E-state index is 12.9. The molecule has 0 heterocycles. The van der Waals surface area contributed by atoms with Crippen molar-refractivity contribution in [2.24, 2.45) is 0 Å². The summed E-state index contributed by atoms with van der Waals surface area (Å²) < 4.78 is 18.1. The van der Waals surface area contributed by atoms with E-state index in [1.807, 2.05) is 0 Å². The predicted molar refractivity (Wildman–Crippen MR) is 59.5 cm³/mol. The van der Waals surface area contributed by atoms with E-state index in [1.54, 1.807) is 7.11 Å². The predicted octanol–water partition coefficient (Wildman–Crippen LogP) is 3.20. The molecule has 0 aliphatic carbocycles. The third-order valence-electron chi connectivity index (χ3n) is 1.99. The highest BCUT2D eigenvalue weighted by Gasteiger charge is 2.07. The van der Waals surface area contributed by atoms with Crippen LogP contribution in [0.1, 0.15) is 23.2 Å². The molecule has 4 heteroatoms. The molecular weight excluding hydrogens is 263 g/mol. The fraction of sp³-hybridized carbons (Fsp3) is 0.364. The second-order valence-electron chi connectivity index (χ2n) is 3.15. The van der Waals surface area contributed by atoms with E-state index in [-0.39, 0.29) is 11.6 Å². The largest absolute Gasteiger partial charge is 0.385 e. The molecule has 0 aromatic heterocycles. The van der Waals surface area contributed by atoms with Crippen molar-refractivity contribution in [1.82, 2.24) is 0 Å². The van der Waals surface area contributed by atoms with Crippen molar-refractivity contribution < 1.29 is 13.9 Å². The van der Waals surface area contributed by atoms with Crippen LogP contribution in [0.2, 0.25) is 0 Å². The fourth-order valence-corrected chi connectivity index (χ4v) is 1.57. The average molecular weight is 275 g/mol. The highest BCUT2D eigenvalue weighted by Crippen LogP contribution is 2.18. The van der Waals surface area contributed by atoms with Gasteiger partial charge in [-0.25, -0.2) is 4.39 Å². The number of hydrogen-bond donors (Lipinski definition) is 0. The number of halogens is 2. The summed E-state index contributed by atoms with van der Waals surface area (Å²) in [4.78, 5) is 11.6. The van der Waals surface area contributed by atoms with E-state index in [9.17, 15) is 9.18 Å². The molecule has 2 nitrogen and oxygen atoms in total. The van der Waals surface area contributed by atoms with E-state index < -0.39 is 0 Å². The van der Waals surface area contributed by atoms with E-state index in [2.05, 4.69) is 15.9 Å². The molecule has 1 rings (SSSR count). The van der Waals surface area contributed by atoms with Crippen LogP contribution < -0.4 is 0 Å². The summed E-state index contributed by atoms with van der Waals surface area (Å²) >= 11 is 3.04. The average Bonchev–Trinajstić information content (AvgIpc) is 2.22. The quantitative estimate of drug-likeness (QED) is 0.609. The molecule has 0 radical (unpaired) electrons. The molecule has 0 aliphatic heterocycles. The molecule has 0 atom stereocenters. The third kappa shape index (κ3) is 3.72. The SMILES string of the molecule is COCCCC(=O)c1ccc(F)c(Br)c1. The van der Waals surface area contributed by atoms with Crippen molar-refractivity contribution in [1.29, 1.82) is 0 Å². The molecule has 0 N–H and O–H groups in total. The van der Waals surface area contributed by atoms with Crippen LogP contribution >= 0.6 is 15.9 Å². The molecular formula is C11H12BrFO2. The number of Topliss-reactive ketones (excluding diaryl/α,β-unsaturated/α-hetero) is 1. The van der Waals surface area contributed by atoms with Gasteiger partial charge in [0.15, 0.2) is 5.78 Å². The lowest BCUT2D eigenvalue weighted by atomic mass is 10.1. The smallest absolute Gasteiger partial charge is 0.163 e. The lowest BCUT2D eigenvalue weighted by Crippen LogP contribution is -2.01. The van der Waals surface area contributed by atoms with Crippen LogP contribution in [-0.4, -0.2) is 19.5 Å². The van der Waals surface area contributed by atoms with Gasteiger partial charge in [-0.15, -0.1) is 0 Å². The Kier molecular flexibility index (Phi) is 4.91. The van der Waals surface area contributed by atoms with E-state index in [0.717, 1.165) is 0 Å². The van der Waals surface area contributed by atoms with Crippen LogP contribution in [0.15, 0.2) is 22.7 Å². The summed E-state index contributed by atoms with van der Waals surface area (Å²) in [7, 11) is 1.60. The van der Waals surface area contributed by atoms with Gasteiger partial charge in [0.1, 0.15) is 5.82 Å². The van der Waals surface area contributed by atoms with E-state index >= 15 is 0 Å². The maximum Gasteiger partial charge on any atom is 0.163 e. The van der Waals surface area contributed by atoms with Crippen molar-refractivity contribution in [2.45, 2.75) is 12.8 Å². The minimum absolute atomic E-state index is 0.00718. The van der Waals surface area contributed by atoms with Gasteiger partial charge in [-0.05, 0) is 40.5 Å². The van der Waals surface area contributed by atoms with Crippen LogP contribution in [0.25, 0.3) is 0 Å². The molecule has 0 unspecified atom stereocenters. The Morgan fingerprint density at radius 1 is 1.53 bits per heavy atom. The number of carbonyl (C=O) groups excluding carboxylic acids is 1. The summed E-state index contributed by atoms with van der Waals surface area (Å²) in [5, 5.41) is 0. The first kappa shape index (κ1) is 12.3. The normalized spacial score (nSPS) is 10.3. The Hall–Kier alpha value is -0.740. The minimum atomic E-state index is -0.358. The lowest BCUT2D eigenvalue weighted by Gasteiger charge is -2.02. The van der Waals surface area contributed by atoms with E-state index in [0.29, 0.717) is 29.5 Å². The summed E-state index contributed by atoms with van der Waals surface area (Å²) in [6.45, 7) is 0.564. The maximum atomic E-state index is 12.9. The summed E-state index contributed by atoms with van der Waals surface area (Å²) in [6.07, 6.45) is 1.11. The Morgan fingerprint density at radius 2 is 2.27 bits per heavy atom. The van der Waals surface area contributed by atoms with E-state index in [4.69, 9.17) is 4.74 Å². The molecule has 0 amide bonds. The molecule has 0 fully saturated rings. The molecule has 0 saturated carbocycles. The van der Waals surface area contributed by atoms with Gasteiger partial charge in [0.05, 0.1) is 4.47 Å². The van der Waals surface area contributed by atoms with Gasteiger partial charge in [0, 0.05) is 25.7 Å². The van der Waals surface area contributed by atoms with Gasteiger partial charge in [-0.3, -0.25) is 4.79 Å². The van der Waals surface area contributed by atoms with Crippen LogP contribution in [0.5, 0.6) is 0 Å². The van der Waals surface area contributed by atoms with Crippen LogP contribution in [-0.2, 0) is 4.74 Å². The molecule has 0 aliphatic rings. The first-order chi connectivity index (χ1) is 7.15. The van der Waals surface area contributed by atoms with Gasteiger partial charge in [-0.2, -0.15) is 0 Å². The van der Waals surface area contributed by atoms with Gasteiger partial charge in [0.2, 0.25) is 0 Å². The van der Waals surface area contributed by atoms with Crippen molar-refractivity contribution in [3.05, 3.63) is 34.1 Å². The Balaban J connectivity index is 2.62. The Labute approximate surface area is 96.6 Å². The summed E-state index contributed by atoms with van der Waals surface area (Å²) in [6, 6.07) is 4.29. The Bertz CT molecular complexity index is 352. The second kappa shape index (κ2) is 5.98. The fourth-order valence-electron chi connectivity index (χ4n) is 1.19. The van der Waals surface area contributed by atoms with Crippen molar-refractivity contribution >= 4 is 21.7 Å². The van der Waals surface area contributed by atoms with Crippen molar-refractivity contribution in [3.63, 3.8) is 0 Å². The van der Waals surface area contributed by atoms with Crippen LogP contribution in [0, 0.1) is 5.82 Å². The van der Waals surface area contributed by atoms with Crippen LogP contribution in [0.4, 0.5) is 4.39 Å². The number of hydrogen-bond acceptors (Lipinski definition) is 2. The van der Waals surface area contributed by atoms with Crippen molar-refractivity contribution in [3.8, 4) is 0 Å². The zero-order valence-electron chi connectivity index (χ0n) is 8.43. The van der Waals surface area contributed by atoms with E-state index in [1.165, 1.54) is 18.2 Å². The van der Waals surface area contributed by atoms with Crippen molar-refractivity contribution in [2.75, 3.05) is 13.7 Å². The third-order valence-corrected chi connectivity index (χ3v) is 2.60. The minimum Gasteiger partial charge on any atom is -0.385 e. The number of ketones is 1. The standard InChI is InChI=1S/C11H12BrFO2/c1-15-6-2-3-11(14)8-4-5-10(13)9(12)7-8/h4-5,7H,2-3,6H2,1H3. The highest BCUT2D eigenvalue weighted by atomic mass is 79.9. The second-order valence-corrected chi connectivity index (χ2v) is 4.00. The number of ether oxygens (including phenoxy) is 1. The van der Waals surface area contributed by atoms with Gasteiger partial charge < -0.3 is 4.74 Å². The molecule has 1 aromatic carbocycles. The molecule has 82 valence electrons. The monoisotopic (exact) mass is 274 g/mol. The number of carbonyl (C=O) groups is 1. The zero-order chi connectivity index (χ0) is 11.3. The Morgan fingerprint density at radius 3 is 2.87 bits per heavy atom. The zero-order valence-corrected chi connectivity index (χ0v) is 10.0. The summed E-state index contributed by atoms with van der Waals surface area (Å²) in [5.41, 5.74) is 0.527. The molecule has 0 spiro atoms. The topological polar surface area (TPSA) is 26.3 Å². The first-order valence-corrected chi connectivity index (χ1v) is 5.41. The molecule has 0 saturated heterocycles. The molecule has 1 aromatic rings. The van der Waals surface area contributed by atoms with Gasteiger partial charge in [0.25, 0.3) is 0 Å². The molecule has 0 bridgehead atoms. The number of methoxy groups -OCH3 is 1. The van der Waals surface area contributed by atoms with Crippen LogP contribution in [0.3, 0.4) is 0 Å². The first-order valence-electron chi connectivity index (χ1n) is 4.62. The summed E-state index contributed by atoms with van der Waals surface area (Å²) in [5.74, 6) is -0.351. The van der Waals surface area contributed by atoms with Gasteiger partial charge in [-0.1, -0.05) is 0 Å². The molecule has 15 heavy (non-hydrogen) atoms. The highest BCUT2D eigenvalue weighted by molar-refractivity contribution is 9.10. The van der Waals surface area contributed by atoms with Gasteiger partial charge >= 0.3 is 0 Å².